The van der Waals surface area contributed by atoms with Crippen molar-refractivity contribution in [1.82, 2.24) is 15.6 Å². The Morgan fingerprint density at radius 3 is 2.60 bits per heavy atom. The monoisotopic (exact) mass is 335 g/mol. The molecule has 6 heteroatoms. The summed E-state index contributed by atoms with van der Waals surface area (Å²) in [7, 11) is 1.58. The quantitative estimate of drug-likeness (QED) is 0.702. The number of hydrogen-bond donors (Lipinski definition) is 2. The molecular formula is C19H17N3O3. The molecule has 0 fully saturated rings. The summed E-state index contributed by atoms with van der Waals surface area (Å²) < 4.78 is 5.51. The minimum Gasteiger partial charge on any atom is -0.437 e. The molecule has 2 amide bonds. The third-order valence-electron chi connectivity index (χ3n) is 3.60. The number of carbonyl (C=O) groups excluding carboxylic acids is 2. The van der Waals surface area contributed by atoms with Gasteiger partial charge in [0.1, 0.15) is 5.52 Å². The van der Waals surface area contributed by atoms with Crippen molar-refractivity contribution < 1.29 is 14.0 Å². The minimum absolute atomic E-state index is 0.142. The number of benzene rings is 2. The largest absolute Gasteiger partial charge is 0.437 e. The van der Waals surface area contributed by atoms with Gasteiger partial charge in [0.25, 0.3) is 5.91 Å². The van der Waals surface area contributed by atoms with Crippen LogP contribution in [0.25, 0.3) is 17.2 Å². The number of para-hydroxylation sites is 2. The van der Waals surface area contributed by atoms with Gasteiger partial charge in [-0.2, -0.15) is 0 Å². The average Bonchev–Trinajstić information content (AvgIpc) is 3.07. The maximum Gasteiger partial charge on any atom is 0.251 e. The lowest BCUT2D eigenvalue weighted by atomic mass is 10.1. The van der Waals surface area contributed by atoms with Gasteiger partial charge in [-0.3, -0.25) is 9.59 Å². The normalized spacial score (nSPS) is 10.9. The number of amides is 2. The van der Waals surface area contributed by atoms with Gasteiger partial charge in [-0.15, -0.1) is 0 Å². The summed E-state index contributed by atoms with van der Waals surface area (Å²) in [5.74, 6) is -0.0132. The Morgan fingerprint density at radius 1 is 1.12 bits per heavy atom. The zero-order chi connectivity index (χ0) is 17.6. The first kappa shape index (κ1) is 16.4. The number of aromatic nitrogens is 1. The molecule has 126 valence electrons. The van der Waals surface area contributed by atoms with Gasteiger partial charge in [-0.05, 0) is 29.8 Å². The van der Waals surface area contributed by atoms with Gasteiger partial charge in [-0.1, -0.05) is 24.3 Å². The van der Waals surface area contributed by atoms with E-state index >= 15 is 0 Å². The topological polar surface area (TPSA) is 84.2 Å². The number of oxazole rings is 1. The van der Waals surface area contributed by atoms with Crippen molar-refractivity contribution in [2.45, 2.75) is 6.54 Å². The van der Waals surface area contributed by atoms with Crippen LogP contribution in [0.15, 0.2) is 59.0 Å². The van der Waals surface area contributed by atoms with Gasteiger partial charge < -0.3 is 15.1 Å². The summed E-state index contributed by atoms with van der Waals surface area (Å²) in [6, 6.07) is 14.4. The Morgan fingerprint density at radius 2 is 1.88 bits per heavy atom. The Balaban J connectivity index is 1.56. The smallest absolute Gasteiger partial charge is 0.251 e. The number of hydrogen-bond acceptors (Lipinski definition) is 4. The highest BCUT2D eigenvalue weighted by Gasteiger charge is 2.04. The van der Waals surface area contributed by atoms with E-state index in [4.69, 9.17) is 4.42 Å². The van der Waals surface area contributed by atoms with Crippen LogP contribution in [0.4, 0.5) is 0 Å². The maximum atomic E-state index is 11.9. The third kappa shape index (κ3) is 4.11. The van der Waals surface area contributed by atoms with Crippen LogP contribution in [0.2, 0.25) is 0 Å². The van der Waals surface area contributed by atoms with Crippen LogP contribution >= 0.6 is 0 Å². The summed E-state index contributed by atoms with van der Waals surface area (Å²) in [5.41, 5.74) is 2.90. The highest BCUT2D eigenvalue weighted by molar-refractivity contribution is 5.94. The fourth-order valence-corrected chi connectivity index (χ4v) is 2.27. The Hall–Kier alpha value is -3.41. The van der Waals surface area contributed by atoms with Crippen LogP contribution in [-0.2, 0) is 11.3 Å². The third-order valence-corrected chi connectivity index (χ3v) is 3.60. The van der Waals surface area contributed by atoms with Gasteiger partial charge in [0, 0.05) is 31.3 Å². The molecule has 0 saturated carbocycles. The second-order valence-electron chi connectivity index (χ2n) is 5.35. The molecule has 0 aliphatic rings. The van der Waals surface area contributed by atoms with Gasteiger partial charge >= 0.3 is 0 Å². The second kappa shape index (κ2) is 7.44. The fourth-order valence-electron chi connectivity index (χ4n) is 2.27. The molecule has 2 aromatic carbocycles. The van der Waals surface area contributed by atoms with E-state index in [1.807, 2.05) is 24.3 Å². The highest BCUT2D eigenvalue weighted by atomic mass is 16.3. The predicted molar refractivity (Wildman–Crippen MR) is 94.7 cm³/mol. The first-order chi connectivity index (χ1) is 12.2. The lowest BCUT2D eigenvalue weighted by Gasteiger charge is -2.04. The van der Waals surface area contributed by atoms with Crippen LogP contribution < -0.4 is 10.6 Å². The van der Waals surface area contributed by atoms with Crippen molar-refractivity contribution in [1.29, 1.82) is 0 Å². The van der Waals surface area contributed by atoms with E-state index < -0.39 is 0 Å². The van der Waals surface area contributed by atoms with Gasteiger partial charge in [0.15, 0.2) is 5.58 Å². The summed E-state index contributed by atoms with van der Waals surface area (Å²) in [5, 5.41) is 5.33. The number of fused-ring (bicyclic) bond motifs is 1. The lowest BCUT2D eigenvalue weighted by Crippen LogP contribution is -2.20. The molecule has 25 heavy (non-hydrogen) atoms. The predicted octanol–water partition coefficient (Wildman–Crippen LogP) is 2.52. The van der Waals surface area contributed by atoms with Crippen LogP contribution in [0.5, 0.6) is 0 Å². The molecule has 0 unspecified atom stereocenters. The molecule has 1 heterocycles. The van der Waals surface area contributed by atoms with Crippen molar-refractivity contribution in [3.63, 3.8) is 0 Å². The summed E-state index contributed by atoms with van der Waals surface area (Å²) in [4.78, 5) is 27.6. The molecule has 2 N–H and O–H groups in total. The Bertz CT molecular complexity index is 893. The first-order valence-corrected chi connectivity index (χ1v) is 7.78. The van der Waals surface area contributed by atoms with Crippen molar-refractivity contribution in [2.75, 3.05) is 7.05 Å². The molecule has 0 aliphatic heterocycles. The van der Waals surface area contributed by atoms with E-state index in [0.29, 0.717) is 23.6 Å². The molecule has 0 saturated heterocycles. The molecule has 0 atom stereocenters. The van der Waals surface area contributed by atoms with Crippen LogP contribution in [-0.4, -0.2) is 23.8 Å². The van der Waals surface area contributed by atoms with Crippen molar-refractivity contribution in [3.8, 4) is 0 Å². The molecule has 3 aromatic rings. The summed E-state index contributed by atoms with van der Waals surface area (Å²) in [6.07, 6.45) is 2.91. The zero-order valence-electron chi connectivity index (χ0n) is 13.7. The number of rotatable bonds is 5. The summed E-state index contributed by atoms with van der Waals surface area (Å²) in [6.45, 7) is 0.366. The standard InChI is InChI=1S/C19H17N3O3/c1-20-19(24)14-8-6-13(7-9-14)12-21-17(23)10-11-18-22-15-4-2-3-5-16(15)25-18/h2-11H,12H2,1H3,(H,20,24)(H,21,23)/b11-10+. The average molecular weight is 335 g/mol. The van der Waals surface area contributed by atoms with Crippen LogP contribution in [0.3, 0.4) is 0 Å². The molecule has 3 rings (SSSR count). The molecule has 0 radical (unpaired) electrons. The number of nitrogens with zero attached hydrogens (tertiary/aromatic N) is 1. The number of nitrogens with one attached hydrogen (secondary N) is 2. The van der Waals surface area contributed by atoms with E-state index in [-0.39, 0.29) is 11.8 Å². The van der Waals surface area contributed by atoms with Gasteiger partial charge in [0.05, 0.1) is 0 Å². The van der Waals surface area contributed by atoms with E-state index in [1.165, 1.54) is 12.2 Å². The minimum atomic E-state index is -0.252. The molecule has 0 spiro atoms. The van der Waals surface area contributed by atoms with Crippen LogP contribution in [0.1, 0.15) is 21.8 Å². The Labute approximate surface area is 144 Å². The zero-order valence-corrected chi connectivity index (χ0v) is 13.7. The van der Waals surface area contributed by atoms with E-state index in [9.17, 15) is 9.59 Å². The first-order valence-electron chi connectivity index (χ1n) is 7.78. The molecule has 6 nitrogen and oxygen atoms in total. The van der Waals surface area contributed by atoms with E-state index in [0.717, 1.165) is 11.1 Å². The van der Waals surface area contributed by atoms with E-state index in [1.54, 1.807) is 31.3 Å². The van der Waals surface area contributed by atoms with Crippen molar-refractivity contribution >= 4 is 29.0 Å². The SMILES string of the molecule is CNC(=O)c1ccc(CNC(=O)/C=C/c2nc3ccccc3o2)cc1. The fraction of sp³-hybridized carbons (Fsp3) is 0.105. The lowest BCUT2D eigenvalue weighted by molar-refractivity contribution is -0.116. The molecule has 1 aromatic heterocycles. The van der Waals surface area contributed by atoms with Crippen LogP contribution in [0, 0.1) is 0 Å². The van der Waals surface area contributed by atoms with Gasteiger partial charge in [0.2, 0.25) is 11.8 Å². The Kier molecular flexibility index (Phi) is 4.89. The number of carbonyl (C=O) groups is 2. The highest BCUT2D eigenvalue weighted by Crippen LogP contribution is 2.15. The van der Waals surface area contributed by atoms with Crippen molar-refractivity contribution in [2.24, 2.45) is 0 Å². The van der Waals surface area contributed by atoms with Crippen molar-refractivity contribution in [3.05, 3.63) is 71.6 Å². The van der Waals surface area contributed by atoms with Gasteiger partial charge in [-0.25, -0.2) is 4.98 Å². The maximum absolute atomic E-state index is 11.9. The van der Waals surface area contributed by atoms with E-state index in [2.05, 4.69) is 15.6 Å². The molecule has 0 bridgehead atoms. The molecule has 0 aliphatic carbocycles. The summed E-state index contributed by atoms with van der Waals surface area (Å²) >= 11 is 0. The second-order valence-corrected chi connectivity index (χ2v) is 5.35. The molecular weight excluding hydrogens is 318 g/mol.